The predicted octanol–water partition coefficient (Wildman–Crippen LogP) is 3.19. The summed E-state index contributed by atoms with van der Waals surface area (Å²) in [6.07, 6.45) is 0.741. The molecule has 0 amide bonds. The zero-order valence-electron chi connectivity index (χ0n) is 11.5. The average Bonchev–Trinajstić information content (AvgIpc) is 2.91. The second kappa shape index (κ2) is 4.94. The molecule has 0 unspecified atom stereocenters. The molecule has 0 spiro atoms. The summed E-state index contributed by atoms with van der Waals surface area (Å²) in [4.78, 5) is 22.8. The van der Waals surface area contributed by atoms with E-state index in [2.05, 4.69) is 0 Å². The lowest BCUT2D eigenvalue weighted by atomic mass is 10.0. The number of aldehydes is 1. The van der Waals surface area contributed by atoms with Crippen LogP contribution < -0.4 is 4.74 Å². The third-order valence-corrected chi connectivity index (χ3v) is 3.37. The van der Waals surface area contributed by atoms with Gasteiger partial charge in [-0.25, -0.2) is 4.79 Å². The van der Waals surface area contributed by atoms with Crippen molar-refractivity contribution in [3.8, 4) is 5.75 Å². The van der Waals surface area contributed by atoms with Gasteiger partial charge in [-0.05, 0) is 24.3 Å². The van der Waals surface area contributed by atoms with Crippen molar-refractivity contribution >= 4 is 34.2 Å². The number of rotatable bonds is 3. The molecule has 0 aliphatic carbocycles. The Hall–Kier alpha value is -2.82. The molecule has 0 N–H and O–H groups in total. The summed E-state index contributed by atoms with van der Waals surface area (Å²) in [7, 11) is 2.85. The fraction of sp³-hybridized carbons (Fsp3) is 0.125. The molecule has 0 bridgehead atoms. The number of hydrogen-bond donors (Lipinski definition) is 0. The molecule has 2 aromatic carbocycles. The minimum Gasteiger partial charge on any atom is -0.493 e. The van der Waals surface area contributed by atoms with Gasteiger partial charge in [-0.1, -0.05) is 6.07 Å². The van der Waals surface area contributed by atoms with Gasteiger partial charge in [0.1, 0.15) is 11.9 Å². The quantitative estimate of drug-likeness (QED) is 0.546. The van der Waals surface area contributed by atoms with Crippen molar-refractivity contribution in [2.75, 3.05) is 14.2 Å². The second-order valence-electron chi connectivity index (χ2n) is 4.49. The van der Waals surface area contributed by atoms with Crippen LogP contribution in [0, 0.1) is 0 Å². The number of methoxy groups -OCH3 is 2. The van der Waals surface area contributed by atoms with Crippen LogP contribution in [0.3, 0.4) is 0 Å². The Bertz CT molecular complexity index is 860. The largest absolute Gasteiger partial charge is 0.493 e. The molecule has 0 aliphatic heterocycles. The molecule has 5 nitrogen and oxygen atoms in total. The van der Waals surface area contributed by atoms with E-state index < -0.39 is 5.97 Å². The molecule has 0 aliphatic rings. The first-order valence-electron chi connectivity index (χ1n) is 6.26. The highest BCUT2D eigenvalue weighted by atomic mass is 16.5. The molecule has 0 fully saturated rings. The van der Waals surface area contributed by atoms with Crippen molar-refractivity contribution in [2.24, 2.45) is 0 Å². The van der Waals surface area contributed by atoms with Gasteiger partial charge in [0.25, 0.3) is 0 Å². The maximum absolute atomic E-state index is 11.9. The number of esters is 1. The van der Waals surface area contributed by atoms with Crippen LogP contribution in [0.25, 0.3) is 21.9 Å². The Labute approximate surface area is 120 Å². The van der Waals surface area contributed by atoms with Crippen LogP contribution in [0.4, 0.5) is 0 Å². The van der Waals surface area contributed by atoms with E-state index in [0.717, 1.165) is 11.7 Å². The van der Waals surface area contributed by atoms with E-state index in [-0.39, 0.29) is 0 Å². The second-order valence-corrected chi connectivity index (χ2v) is 4.49. The van der Waals surface area contributed by atoms with Crippen LogP contribution in [0.2, 0.25) is 0 Å². The van der Waals surface area contributed by atoms with Crippen molar-refractivity contribution in [3.63, 3.8) is 0 Å². The molecule has 1 aromatic heterocycles. The molecule has 106 valence electrons. The molecule has 0 radical (unpaired) electrons. The molecule has 0 saturated carbocycles. The first-order chi connectivity index (χ1) is 10.2. The van der Waals surface area contributed by atoms with Crippen molar-refractivity contribution in [2.45, 2.75) is 0 Å². The van der Waals surface area contributed by atoms with Gasteiger partial charge in [0.05, 0.1) is 19.8 Å². The van der Waals surface area contributed by atoms with E-state index in [9.17, 15) is 9.59 Å². The van der Waals surface area contributed by atoms with Gasteiger partial charge >= 0.3 is 5.97 Å². The Morgan fingerprint density at radius 2 is 2.00 bits per heavy atom. The highest BCUT2D eigenvalue weighted by Crippen LogP contribution is 2.37. The lowest BCUT2D eigenvalue weighted by molar-refractivity contribution is 0.0603. The summed E-state index contributed by atoms with van der Waals surface area (Å²) in [6, 6.07) is 8.33. The lowest BCUT2D eigenvalue weighted by Gasteiger charge is -2.04. The van der Waals surface area contributed by atoms with E-state index in [1.807, 2.05) is 0 Å². The van der Waals surface area contributed by atoms with Gasteiger partial charge in [-0.2, -0.15) is 0 Å². The average molecular weight is 284 g/mol. The number of fused-ring (bicyclic) bond motifs is 3. The molecular weight excluding hydrogens is 272 g/mol. The van der Waals surface area contributed by atoms with Crippen molar-refractivity contribution < 1.29 is 23.5 Å². The smallest absolute Gasteiger partial charge is 0.338 e. The fourth-order valence-corrected chi connectivity index (χ4v) is 2.39. The van der Waals surface area contributed by atoms with Crippen molar-refractivity contribution in [1.82, 2.24) is 0 Å². The molecule has 1 heterocycles. The van der Waals surface area contributed by atoms with Gasteiger partial charge in [0.15, 0.2) is 11.3 Å². The maximum atomic E-state index is 11.9. The summed E-state index contributed by atoms with van der Waals surface area (Å²) in [5.41, 5.74) is 1.87. The SMILES string of the molecule is COC(=O)c1ccc(OC)c2oc3cc(C=O)ccc3c12. The highest BCUT2D eigenvalue weighted by Gasteiger charge is 2.20. The summed E-state index contributed by atoms with van der Waals surface area (Å²) in [6.45, 7) is 0. The third-order valence-electron chi connectivity index (χ3n) is 3.37. The number of carbonyl (C=O) groups excluding carboxylic acids is 2. The zero-order chi connectivity index (χ0) is 15.0. The number of furan rings is 1. The van der Waals surface area contributed by atoms with Crippen LogP contribution >= 0.6 is 0 Å². The number of benzene rings is 2. The van der Waals surface area contributed by atoms with E-state index >= 15 is 0 Å². The van der Waals surface area contributed by atoms with Crippen molar-refractivity contribution in [3.05, 3.63) is 41.5 Å². The van der Waals surface area contributed by atoms with Crippen molar-refractivity contribution in [1.29, 1.82) is 0 Å². The molecule has 5 heteroatoms. The molecule has 3 rings (SSSR count). The Kier molecular flexibility index (Phi) is 3.10. The van der Waals surface area contributed by atoms with E-state index in [4.69, 9.17) is 13.9 Å². The summed E-state index contributed by atoms with van der Waals surface area (Å²) in [5.74, 6) is 0.0614. The molecule has 3 aromatic rings. The summed E-state index contributed by atoms with van der Waals surface area (Å²) >= 11 is 0. The fourth-order valence-electron chi connectivity index (χ4n) is 2.39. The Morgan fingerprint density at radius 3 is 2.67 bits per heavy atom. The van der Waals surface area contributed by atoms with Gasteiger partial charge in [0.2, 0.25) is 0 Å². The topological polar surface area (TPSA) is 65.7 Å². The first-order valence-corrected chi connectivity index (χ1v) is 6.26. The molecular formula is C16H12O5. The molecule has 0 atom stereocenters. The molecule has 21 heavy (non-hydrogen) atoms. The zero-order valence-corrected chi connectivity index (χ0v) is 11.5. The van der Waals surface area contributed by atoms with Crippen LogP contribution in [-0.4, -0.2) is 26.5 Å². The third kappa shape index (κ3) is 1.94. The minimum absolute atomic E-state index is 0.394. The first kappa shape index (κ1) is 13.2. The predicted molar refractivity (Wildman–Crippen MR) is 77.0 cm³/mol. The normalized spacial score (nSPS) is 10.8. The Morgan fingerprint density at radius 1 is 1.19 bits per heavy atom. The van der Waals surface area contributed by atoms with Crippen LogP contribution in [0.1, 0.15) is 20.7 Å². The van der Waals surface area contributed by atoms with Gasteiger partial charge in [-0.3, -0.25) is 4.79 Å². The van der Waals surface area contributed by atoms with Gasteiger partial charge in [0, 0.05) is 16.3 Å². The lowest BCUT2D eigenvalue weighted by Crippen LogP contribution is -2.01. The maximum Gasteiger partial charge on any atom is 0.338 e. The van der Waals surface area contributed by atoms with E-state index in [1.54, 1.807) is 30.3 Å². The highest BCUT2D eigenvalue weighted by molar-refractivity contribution is 6.16. The van der Waals surface area contributed by atoms with Crippen LogP contribution in [-0.2, 0) is 4.74 Å². The van der Waals surface area contributed by atoms with Crippen LogP contribution in [0.15, 0.2) is 34.7 Å². The monoisotopic (exact) mass is 284 g/mol. The minimum atomic E-state index is -0.454. The molecule has 0 saturated heterocycles. The Balaban J connectivity index is 2.45. The van der Waals surface area contributed by atoms with Crippen LogP contribution in [0.5, 0.6) is 5.75 Å². The van der Waals surface area contributed by atoms with E-state index in [0.29, 0.717) is 33.4 Å². The number of carbonyl (C=O) groups is 2. The van der Waals surface area contributed by atoms with Gasteiger partial charge in [-0.15, -0.1) is 0 Å². The summed E-state index contributed by atoms with van der Waals surface area (Å²) < 4.78 is 15.8. The standard InChI is InChI=1S/C16H12O5/c1-19-12-6-5-11(16(18)20-2)14-10-4-3-9(8-17)7-13(10)21-15(12)14/h3-8H,1-2H3. The van der Waals surface area contributed by atoms with E-state index in [1.165, 1.54) is 14.2 Å². The summed E-state index contributed by atoms with van der Waals surface area (Å²) in [5, 5.41) is 1.35. The number of hydrogen-bond acceptors (Lipinski definition) is 5. The number of ether oxygens (including phenoxy) is 2. The van der Waals surface area contributed by atoms with Gasteiger partial charge < -0.3 is 13.9 Å².